The Morgan fingerprint density at radius 1 is 1.56 bits per heavy atom. The molecule has 0 aromatic carbocycles. The maximum Gasteiger partial charge on any atom is 0 e. The summed E-state index contributed by atoms with van der Waals surface area (Å²) < 4.78 is 12.4. The molecule has 1 rings (SSSR count). The molecule has 0 amide bonds. The third-order valence-corrected chi connectivity index (χ3v) is 1.71. The van der Waals surface area contributed by atoms with Gasteiger partial charge in [-0.1, -0.05) is 13.3 Å². The van der Waals surface area contributed by atoms with Crippen LogP contribution in [0, 0.1) is 12.3 Å². The zero-order valence-electron chi connectivity index (χ0n) is 5.81. The van der Waals surface area contributed by atoms with Crippen LogP contribution in [-0.4, -0.2) is 6.17 Å². The molecule has 1 saturated carbocycles. The van der Waals surface area contributed by atoms with E-state index in [0.29, 0.717) is 5.92 Å². The summed E-state index contributed by atoms with van der Waals surface area (Å²) in [6, 6.07) is 0. The van der Waals surface area contributed by atoms with Gasteiger partial charge in [-0.2, -0.15) is 6.42 Å². The number of hydrogen-bond acceptors (Lipinski definition) is 0. The van der Waals surface area contributed by atoms with Crippen LogP contribution >= 0.6 is 0 Å². The molecule has 0 bridgehead atoms. The Morgan fingerprint density at radius 2 is 2.22 bits per heavy atom. The van der Waals surface area contributed by atoms with Crippen LogP contribution in [0.5, 0.6) is 0 Å². The van der Waals surface area contributed by atoms with Crippen LogP contribution in [0.3, 0.4) is 0 Å². The van der Waals surface area contributed by atoms with Gasteiger partial charge in [0, 0.05) is 32.7 Å². The number of alkyl halides is 1. The monoisotopic (exact) mass is 204 g/mol. The van der Waals surface area contributed by atoms with Gasteiger partial charge in [-0.15, -0.1) is 0 Å². The number of hydrogen-bond donors (Lipinski definition) is 0. The van der Waals surface area contributed by atoms with Gasteiger partial charge < -0.3 is 0 Å². The molecule has 1 radical (unpaired) electrons. The Hall–Kier alpha value is 1.03. The van der Waals surface area contributed by atoms with E-state index >= 15 is 0 Å². The largest absolute Gasteiger partial charge is 0.295 e. The fourth-order valence-electron chi connectivity index (χ4n) is 1.16. The Bertz CT molecular complexity index is 67.3. The summed E-state index contributed by atoms with van der Waals surface area (Å²) in [7, 11) is 0. The molecular weight excluding hydrogens is 192 g/mol. The minimum Gasteiger partial charge on any atom is -0.295 e. The van der Waals surface area contributed by atoms with Crippen molar-refractivity contribution in [2.45, 2.75) is 32.4 Å². The van der Waals surface area contributed by atoms with Crippen molar-refractivity contribution in [3.8, 4) is 0 Å². The molecular formula is C7H12FY-. The van der Waals surface area contributed by atoms with Crippen molar-refractivity contribution in [3.05, 3.63) is 6.42 Å². The predicted octanol–water partition coefficient (Wildman–Crippen LogP) is 2.35. The standard InChI is InChI=1S/C7H12F.Y/c1-6-3-2-4-7(8)5-6;/h4,6-7H,2-3,5H2,1H3;/q-1;. The molecule has 1 aliphatic rings. The topological polar surface area (TPSA) is 0 Å². The van der Waals surface area contributed by atoms with E-state index in [4.69, 9.17) is 0 Å². The van der Waals surface area contributed by atoms with E-state index in [1.165, 1.54) is 6.42 Å². The Morgan fingerprint density at radius 3 is 2.56 bits per heavy atom. The molecule has 0 saturated heterocycles. The average molecular weight is 204 g/mol. The third kappa shape index (κ3) is 3.67. The summed E-state index contributed by atoms with van der Waals surface area (Å²) in [4.78, 5) is 0. The van der Waals surface area contributed by atoms with E-state index < -0.39 is 6.17 Å². The first-order chi connectivity index (χ1) is 3.79. The van der Waals surface area contributed by atoms with Crippen molar-refractivity contribution >= 4 is 0 Å². The molecule has 2 heteroatoms. The van der Waals surface area contributed by atoms with Gasteiger partial charge in [0.05, 0.1) is 0 Å². The minimum absolute atomic E-state index is 0. The van der Waals surface area contributed by atoms with Gasteiger partial charge in [-0.05, 0) is 18.5 Å². The Balaban J connectivity index is 0.000000640. The van der Waals surface area contributed by atoms with Crippen molar-refractivity contribution in [3.63, 3.8) is 0 Å². The second-order valence-corrected chi connectivity index (χ2v) is 2.67. The molecule has 1 fully saturated rings. The Labute approximate surface area is 81.5 Å². The van der Waals surface area contributed by atoms with Crippen LogP contribution in [0.15, 0.2) is 0 Å². The summed E-state index contributed by atoms with van der Waals surface area (Å²) in [5, 5.41) is 0. The van der Waals surface area contributed by atoms with Crippen LogP contribution in [0.2, 0.25) is 0 Å². The summed E-state index contributed by atoms with van der Waals surface area (Å²) in [6.45, 7) is 2.11. The normalized spacial score (nSPS) is 35.3. The summed E-state index contributed by atoms with van der Waals surface area (Å²) in [5.74, 6) is 0.606. The van der Waals surface area contributed by atoms with E-state index in [1.807, 2.05) is 0 Å². The SMILES string of the molecule is CC1CC[CH-]C(F)C1.[Y]. The van der Waals surface area contributed by atoms with Crippen molar-refractivity contribution in [1.29, 1.82) is 0 Å². The first-order valence-corrected chi connectivity index (χ1v) is 3.26. The van der Waals surface area contributed by atoms with Gasteiger partial charge in [0.15, 0.2) is 0 Å². The molecule has 0 N–H and O–H groups in total. The summed E-state index contributed by atoms with van der Waals surface area (Å²) in [6.07, 6.45) is 4.07. The smallest absolute Gasteiger partial charge is 0 e. The minimum atomic E-state index is -0.612. The quantitative estimate of drug-likeness (QED) is 0.531. The van der Waals surface area contributed by atoms with Crippen molar-refractivity contribution in [2.75, 3.05) is 0 Å². The van der Waals surface area contributed by atoms with E-state index in [2.05, 4.69) is 6.92 Å². The van der Waals surface area contributed by atoms with Crippen molar-refractivity contribution in [1.82, 2.24) is 0 Å². The van der Waals surface area contributed by atoms with Gasteiger partial charge in [0.25, 0.3) is 0 Å². The Kier molecular flexibility index (Phi) is 5.34. The van der Waals surface area contributed by atoms with Crippen LogP contribution in [0.1, 0.15) is 26.2 Å². The van der Waals surface area contributed by atoms with Gasteiger partial charge in [0.1, 0.15) is 0 Å². The van der Waals surface area contributed by atoms with Crippen molar-refractivity contribution < 1.29 is 37.1 Å². The van der Waals surface area contributed by atoms with Crippen LogP contribution in [-0.2, 0) is 32.7 Å². The molecule has 0 heterocycles. The maximum absolute atomic E-state index is 12.4. The second kappa shape index (κ2) is 4.79. The third-order valence-electron chi connectivity index (χ3n) is 1.71. The second-order valence-electron chi connectivity index (χ2n) is 2.67. The average Bonchev–Trinajstić information content (AvgIpc) is 1.64. The summed E-state index contributed by atoms with van der Waals surface area (Å²) >= 11 is 0. The molecule has 2 atom stereocenters. The van der Waals surface area contributed by atoms with Gasteiger partial charge in [0.2, 0.25) is 0 Å². The van der Waals surface area contributed by atoms with Gasteiger partial charge in [-0.3, -0.25) is 10.8 Å². The number of halogens is 1. The molecule has 2 unspecified atom stereocenters. The molecule has 0 spiro atoms. The van der Waals surface area contributed by atoms with E-state index in [0.717, 1.165) is 12.8 Å². The van der Waals surface area contributed by atoms with Gasteiger partial charge in [-0.25, -0.2) is 0 Å². The molecule has 0 nitrogen and oxygen atoms in total. The zero-order valence-corrected chi connectivity index (χ0v) is 8.65. The first-order valence-electron chi connectivity index (χ1n) is 3.26. The molecule has 1 aliphatic carbocycles. The van der Waals surface area contributed by atoms with Gasteiger partial charge >= 0.3 is 0 Å². The van der Waals surface area contributed by atoms with Crippen LogP contribution in [0.4, 0.5) is 4.39 Å². The number of rotatable bonds is 0. The molecule has 0 aromatic heterocycles. The molecule has 0 aliphatic heterocycles. The zero-order chi connectivity index (χ0) is 5.98. The fraction of sp³-hybridized carbons (Fsp3) is 0.857. The van der Waals surface area contributed by atoms with E-state index in [1.54, 1.807) is 6.42 Å². The van der Waals surface area contributed by atoms with E-state index in [-0.39, 0.29) is 32.7 Å². The van der Waals surface area contributed by atoms with Crippen LogP contribution in [0.25, 0.3) is 0 Å². The molecule has 51 valence electrons. The maximum atomic E-state index is 12.4. The fourth-order valence-corrected chi connectivity index (χ4v) is 1.16. The predicted molar refractivity (Wildman–Crippen MR) is 32.2 cm³/mol. The van der Waals surface area contributed by atoms with Crippen LogP contribution < -0.4 is 0 Å². The first kappa shape index (κ1) is 10.0. The van der Waals surface area contributed by atoms with Crippen molar-refractivity contribution in [2.24, 2.45) is 5.92 Å². The molecule has 0 aromatic rings. The molecule has 9 heavy (non-hydrogen) atoms. The van der Waals surface area contributed by atoms with E-state index in [9.17, 15) is 4.39 Å². The summed E-state index contributed by atoms with van der Waals surface area (Å²) in [5.41, 5.74) is 0.